The van der Waals surface area contributed by atoms with Crippen molar-refractivity contribution in [1.29, 1.82) is 0 Å². The van der Waals surface area contributed by atoms with Crippen molar-refractivity contribution in [3.8, 4) is 0 Å². The van der Waals surface area contributed by atoms with Crippen LogP contribution in [-0.2, 0) is 9.53 Å². The lowest BCUT2D eigenvalue weighted by molar-refractivity contribution is -0.122. The molecule has 3 atom stereocenters. The topological polar surface area (TPSA) is 58.6 Å². The molecule has 1 heterocycles. The zero-order chi connectivity index (χ0) is 15.1. The van der Waals surface area contributed by atoms with Gasteiger partial charge in [0.05, 0.1) is 12.2 Å². The van der Waals surface area contributed by atoms with Gasteiger partial charge in [0, 0.05) is 19.1 Å². The molecular weight excluding hydrogens is 266 g/mol. The van der Waals surface area contributed by atoms with Crippen LogP contribution in [0.5, 0.6) is 0 Å². The summed E-state index contributed by atoms with van der Waals surface area (Å²) in [5.74, 6) is 0.0401. The summed E-state index contributed by atoms with van der Waals surface area (Å²) in [4.78, 5) is 11.9. The summed E-state index contributed by atoms with van der Waals surface area (Å²) in [6.45, 7) is 2.75. The van der Waals surface area contributed by atoms with Gasteiger partial charge in [0.1, 0.15) is 0 Å². The van der Waals surface area contributed by atoms with Crippen molar-refractivity contribution in [1.82, 2.24) is 5.32 Å². The molecule has 1 aliphatic heterocycles. The van der Waals surface area contributed by atoms with E-state index in [1.54, 1.807) is 0 Å². The van der Waals surface area contributed by atoms with Gasteiger partial charge in [-0.1, -0.05) is 30.3 Å². The van der Waals surface area contributed by atoms with Crippen molar-refractivity contribution in [2.45, 2.75) is 57.3 Å². The Balaban J connectivity index is 1.68. The fourth-order valence-electron chi connectivity index (χ4n) is 2.72. The molecule has 2 rings (SSSR count). The molecule has 0 spiro atoms. The predicted octanol–water partition coefficient (Wildman–Crippen LogP) is 2.57. The van der Waals surface area contributed by atoms with Crippen LogP contribution in [0.4, 0.5) is 0 Å². The Kier molecular flexibility index (Phi) is 6.21. The second-order valence-electron chi connectivity index (χ2n) is 5.80. The maximum absolute atomic E-state index is 11.9. The number of nitrogens with one attached hydrogen (secondary N) is 1. The Morgan fingerprint density at radius 1 is 1.43 bits per heavy atom. The maximum atomic E-state index is 11.9. The summed E-state index contributed by atoms with van der Waals surface area (Å²) in [5.41, 5.74) is 0.887. The van der Waals surface area contributed by atoms with E-state index >= 15 is 0 Å². The van der Waals surface area contributed by atoms with Crippen molar-refractivity contribution in [3.05, 3.63) is 35.9 Å². The third-order valence-electron chi connectivity index (χ3n) is 3.89. The van der Waals surface area contributed by atoms with Crippen LogP contribution in [0.15, 0.2) is 30.3 Å². The molecule has 2 N–H and O–H groups in total. The van der Waals surface area contributed by atoms with Crippen LogP contribution in [0.2, 0.25) is 0 Å². The molecule has 0 saturated carbocycles. The summed E-state index contributed by atoms with van der Waals surface area (Å²) in [7, 11) is 0. The van der Waals surface area contributed by atoms with E-state index < -0.39 is 6.10 Å². The Morgan fingerprint density at radius 3 is 2.86 bits per heavy atom. The first-order valence-corrected chi connectivity index (χ1v) is 7.79. The minimum atomic E-state index is -0.542. The second-order valence-corrected chi connectivity index (χ2v) is 5.80. The van der Waals surface area contributed by atoms with Crippen LogP contribution < -0.4 is 5.32 Å². The third-order valence-corrected chi connectivity index (χ3v) is 3.89. The van der Waals surface area contributed by atoms with E-state index in [9.17, 15) is 9.90 Å². The highest BCUT2D eigenvalue weighted by Gasteiger charge is 2.18. The molecule has 0 aromatic heterocycles. The van der Waals surface area contributed by atoms with E-state index in [1.165, 1.54) is 0 Å². The molecule has 3 unspecified atom stereocenters. The van der Waals surface area contributed by atoms with Gasteiger partial charge >= 0.3 is 0 Å². The monoisotopic (exact) mass is 291 g/mol. The molecule has 4 heteroatoms. The number of hydrogen-bond acceptors (Lipinski definition) is 3. The predicted molar refractivity (Wildman–Crippen MR) is 81.8 cm³/mol. The van der Waals surface area contributed by atoms with Gasteiger partial charge in [-0.05, 0) is 38.2 Å². The number of benzene rings is 1. The van der Waals surface area contributed by atoms with Crippen LogP contribution in [0, 0.1) is 0 Å². The summed E-state index contributed by atoms with van der Waals surface area (Å²) in [6.07, 6.45) is 3.69. The van der Waals surface area contributed by atoms with Crippen molar-refractivity contribution in [2.75, 3.05) is 6.61 Å². The molecule has 1 saturated heterocycles. The molecular formula is C17H25NO3. The van der Waals surface area contributed by atoms with Crippen LogP contribution >= 0.6 is 0 Å². The minimum absolute atomic E-state index is 0.0401. The Morgan fingerprint density at radius 2 is 2.19 bits per heavy atom. The number of carbonyl (C=O) groups excluding carboxylic acids is 1. The van der Waals surface area contributed by atoms with E-state index in [4.69, 9.17) is 4.74 Å². The first kappa shape index (κ1) is 16.0. The van der Waals surface area contributed by atoms with Crippen LogP contribution in [0.1, 0.15) is 50.7 Å². The van der Waals surface area contributed by atoms with Gasteiger partial charge in [-0.2, -0.15) is 0 Å². The highest BCUT2D eigenvalue weighted by Crippen LogP contribution is 2.19. The lowest BCUT2D eigenvalue weighted by Crippen LogP contribution is -2.34. The molecule has 1 aromatic rings. The Labute approximate surface area is 126 Å². The first-order valence-electron chi connectivity index (χ1n) is 7.79. The van der Waals surface area contributed by atoms with Crippen molar-refractivity contribution < 1.29 is 14.6 Å². The van der Waals surface area contributed by atoms with E-state index in [-0.39, 0.29) is 18.1 Å². The number of ether oxygens (including phenoxy) is 1. The van der Waals surface area contributed by atoms with Gasteiger partial charge in [0.2, 0.25) is 5.91 Å². The molecule has 116 valence electrons. The molecule has 0 radical (unpaired) electrons. The Hall–Kier alpha value is -1.39. The summed E-state index contributed by atoms with van der Waals surface area (Å²) in [6, 6.07) is 9.49. The van der Waals surface area contributed by atoms with Gasteiger partial charge in [-0.15, -0.1) is 0 Å². The number of rotatable bonds is 7. The van der Waals surface area contributed by atoms with Crippen LogP contribution in [0.25, 0.3) is 0 Å². The number of carbonyl (C=O) groups is 1. The summed E-state index contributed by atoms with van der Waals surface area (Å²) < 4.78 is 5.51. The molecule has 1 aromatic carbocycles. The minimum Gasteiger partial charge on any atom is -0.388 e. The zero-order valence-electron chi connectivity index (χ0n) is 12.6. The fraction of sp³-hybridized carbons (Fsp3) is 0.588. The van der Waals surface area contributed by atoms with Crippen molar-refractivity contribution >= 4 is 5.91 Å². The normalized spacial score (nSPS) is 21.0. The van der Waals surface area contributed by atoms with Crippen molar-refractivity contribution in [2.24, 2.45) is 0 Å². The van der Waals surface area contributed by atoms with Gasteiger partial charge in [0.15, 0.2) is 0 Å². The number of amides is 1. The van der Waals surface area contributed by atoms with Crippen molar-refractivity contribution in [3.63, 3.8) is 0 Å². The molecule has 1 amide bonds. The van der Waals surface area contributed by atoms with E-state index in [2.05, 4.69) is 5.32 Å². The van der Waals surface area contributed by atoms with Crippen LogP contribution in [0.3, 0.4) is 0 Å². The average Bonchev–Trinajstić information content (AvgIpc) is 2.99. The molecule has 1 aliphatic rings. The maximum Gasteiger partial charge on any atom is 0.220 e. The lowest BCUT2D eigenvalue weighted by atomic mass is 10.0. The van der Waals surface area contributed by atoms with Gasteiger partial charge in [-0.25, -0.2) is 0 Å². The zero-order valence-corrected chi connectivity index (χ0v) is 12.6. The molecule has 21 heavy (non-hydrogen) atoms. The van der Waals surface area contributed by atoms with E-state index in [0.717, 1.165) is 31.4 Å². The smallest absolute Gasteiger partial charge is 0.220 e. The second kappa shape index (κ2) is 8.15. The molecule has 1 fully saturated rings. The third kappa shape index (κ3) is 5.48. The molecule has 4 nitrogen and oxygen atoms in total. The number of aliphatic hydroxyl groups excluding tert-OH is 1. The summed E-state index contributed by atoms with van der Waals surface area (Å²) >= 11 is 0. The Bertz CT molecular complexity index is 429. The number of hydrogen-bond donors (Lipinski definition) is 2. The van der Waals surface area contributed by atoms with E-state index in [0.29, 0.717) is 12.8 Å². The number of aliphatic hydroxyl groups is 1. The SMILES string of the molecule is CC(CC(O)c1ccccc1)NC(=O)CCC1CCCO1. The highest BCUT2D eigenvalue weighted by atomic mass is 16.5. The van der Waals surface area contributed by atoms with Gasteiger partial charge in [-0.3, -0.25) is 4.79 Å². The average molecular weight is 291 g/mol. The van der Waals surface area contributed by atoms with Gasteiger partial charge < -0.3 is 15.2 Å². The quantitative estimate of drug-likeness (QED) is 0.812. The standard InChI is InChI=1S/C17H25NO3/c1-13(12-16(19)14-6-3-2-4-7-14)18-17(20)10-9-15-8-5-11-21-15/h2-4,6-7,13,15-16,19H,5,8-12H2,1H3,(H,18,20). The largest absolute Gasteiger partial charge is 0.388 e. The summed E-state index contributed by atoms with van der Waals surface area (Å²) in [5, 5.41) is 13.1. The first-order chi connectivity index (χ1) is 10.1. The van der Waals surface area contributed by atoms with Crippen LogP contribution in [-0.4, -0.2) is 29.8 Å². The molecule has 0 aliphatic carbocycles. The molecule has 0 bridgehead atoms. The lowest BCUT2D eigenvalue weighted by Gasteiger charge is -2.18. The highest BCUT2D eigenvalue weighted by molar-refractivity contribution is 5.76. The fourth-order valence-corrected chi connectivity index (χ4v) is 2.72. The van der Waals surface area contributed by atoms with E-state index in [1.807, 2.05) is 37.3 Å². The van der Waals surface area contributed by atoms with Gasteiger partial charge in [0.25, 0.3) is 0 Å².